The molecule has 0 radical (unpaired) electrons. The van der Waals surface area contributed by atoms with Crippen molar-refractivity contribution >= 4 is 16.7 Å². The van der Waals surface area contributed by atoms with E-state index >= 15 is 0 Å². The average Bonchev–Trinajstić information content (AvgIpc) is 2.43. The highest BCUT2D eigenvalue weighted by molar-refractivity contribution is 5.86. The molecular weight excluding hydrogens is 250 g/mol. The van der Waals surface area contributed by atoms with Gasteiger partial charge in [-0.2, -0.15) is 0 Å². The van der Waals surface area contributed by atoms with Crippen LogP contribution in [0.15, 0.2) is 42.5 Å². The molecule has 0 unspecified atom stereocenters. The summed E-state index contributed by atoms with van der Waals surface area (Å²) < 4.78 is 5.12. The van der Waals surface area contributed by atoms with Gasteiger partial charge in [-0.15, -0.1) is 0 Å². The first kappa shape index (κ1) is 14.5. The van der Waals surface area contributed by atoms with E-state index in [1.54, 1.807) is 0 Å². The van der Waals surface area contributed by atoms with Gasteiger partial charge in [-0.05, 0) is 37.1 Å². The van der Waals surface area contributed by atoms with Gasteiger partial charge in [0, 0.05) is 6.04 Å². The second-order valence-electron chi connectivity index (χ2n) is 5.21. The van der Waals surface area contributed by atoms with E-state index in [4.69, 9.17) is 4.74 Å². The smallest absolute Gasteiger partial charge is 0.320 e. The highest BCUT2D eigenvalue weighted by Gasteiger charge is 2.11. The number of esters is 1. The molecule has 1 atom stereocenters. The monoisotopic (exact) mass is 271 g/mol. The Hall–Kier alpha value is -1.87. The first-order valence-electron chi connectivity index (χ1n) is 6.98. The second kappa shape index (κ2) is 6.53. The highest BCUT2D eigenvalue weighted by atomic mass is 16.5. The SMILES string of the molecule is CC(C)OC(=O)CN[C@H](C)c1cccc2ccccc12. The zero-order valence-corrected chi connectivity index (χ0v) is 12.2. The van der Waals surface area contributed by atoms with Crippen molar-refractivity contribution in [2.24, 2.45) is 0 Å². The van der Waals surface area contributed by atoms with E-state index < -0.39 is 0 Å². The molecule has 2 rings (SSSR count). The fraction of sp³-hybridized carbons (Fsp3) is 0.353. The molecule has 0 saturated heterocycles. The van der Waals surface area contributed by atoms with Crippen LogP contribution in [-0.2, 0) is 9.53 Å². The Labute approximate surface area is 119 Å². The zero-order chi connectivity index (χ0) is 14.5. The topological polar surface area (TPSA) is 38.3 Å². The highest BCUT2D eigenvalue weighted by Crippen LogP contribution is 2.23. The number of carbonyl (C=O) groups is 1. The summed E-state index contributed by atoms with van der Waals surface area (Å²) in [5, 5.41) is 5.65. The molecule has 2 aromatic carbocycles. The van der Waals surface area contributed by atoms with Gasteiger partial charge in [-0.1, -0.05) is 42.5 Å². The first-order chi connectivity index (χ1) is 9.58. The molecule has 106 valence electrons. The minimum atomic E-state index is -0.216. The fourth-order valence-electron chi connectivity index (χ4n) is 2.28. The predicted octanol–water partition coefficient (Wildman–Crippen LogP) is 3.44. The predicted molar refractivity (Wildman–Crippen MR) is 81.6 cm³/mol. The van der Waals surface area contributed by atoms with Gasteiger partial charge in [-0.3, -0.25) is 4.79 Å². The van der Waals surface area contributed by atoms with E-state index in [1.807, 2.05) is 32.0 Å². The summed E-state index contributed by atoms with van der Waals surface area (Å²) >= 11 is 0. The molecule has 0 aliphatic rings. The maximum Gasteiger partial charge on any atom is 0.320 e. The average molecular weight is 271 g/mol. The van der Waals surface area contributed by atoms with Crippen molar-refractivity contribution in [3.63, 3.8) is 0 Å². The zero-order valence-electron chi connectivity index (χ0n) is 12.2. The number of fused-ring (bicyclic) bond motifs is 1. The lowest BCUT2D eigenvalue weighted by atomic mass is 10.00. The number of hydrogen-bond acceptors (Lipinski definition) is 3. The van der Waals surface area contributed by atoms with Crippen LogP contribution in [0.5, 0.6) is 0 Å². The van der Waals surface area contributed by atoms with Crippen LogP contribution in [0.25, 0.3) is 10.8 Å². The Bertz CT molecular complexity index is 587. The van der Waals surface area contributed by atoms with E-state index in [9.17, 15) is 4.79 Å². The number of ether oxygens (including phenoxy) is 1. The van der Waals surface area contributed by atoms with Crippen molar-refractivity contribution in [1.82, 2.24) is 5.32 Å². The molecule has 0 bridgehead atoms. The van der Waals surface area contributed by atoms with Crippen LogP contribution in [0.1, 0.15) is 32.4 Å². The third kappa shape index (κ3) is 3.58. The Morgan fingerprint density at radius 3 is 2.55 bits per heavy atom. The lowest BCUT2D eigenvalue weighted by Gasteiger charge is -2.16. The van der Waals surface area contributed by atoms with Crippen molar-refractivity contribution in [3.05, 3.63) is 48.0 Å². The van der Waals surface area contributed by atoms with Crippen molar-refractivity contribution < 1.29 is 9.53 Å². The molecule has 0 heterocycles. The molecule has 0 aliphatic heterocycles. The molecule has 20 heavy (non-hydrogen) atoms. The van der Waals surface area contributed by atoms with Gasteiger partial charge >= 0.3 is 5.97 Å². The van der Waals surface area contributed by atoms with Gasteiger partial charge < -0.3 is 10.1 Å². The summed E-state index contributed by atoms with van der Waals surface area (Å²) in [7, 11) is 0. The Kier molecular flexibility index (Phi) is 4.74. The summed E-state index contributed by atoms with van der Waals surface area (Å²) in [5.41, 5.74) is 1.19. The molecule has 1 N–H and O–H groups in total. The summed E-state index contributed by atoms with van der Waals surface area (Å²) in [6.07, 6.45) is -0.0721. The third-order valence-corrected chi connectivity index (χ3v) is 3.21. The Morgan fingerprint density at radius 1 is 1.10 bits per heavy atom. The summed E-state index contributed by atoms with van der Waals surface area (Å²) in [4.78, 5) is 11.6. The van der Waals surface area contributed by atoms with E-state index in [0.717, 1.165) is 0 Å². The maximum absolute atomic E-state index is 11.6. The maximum atomic E-state index is 11.6. The second-order valence-corrected chi connectivity index (χ2v) is 5.21. The van der Waals surface area contributed by atoms with Crippen LogP contribution >= 0.6 is 0 Å². The Balaban J connectivity index is 2.08. The van der Waals surface area contributed by atoms with Crippen LogP contribution in [0.2, 0.25) is 0 Å². The van der Waals surface area contributed by atoms with Crippen LogP contribution in [0.4, 0.5) is 0 Å². The van der Waals surface area contributed by atoms with Gasteiger partial charge in [0.1, 0.15) is 0 Å². The van der Waals surface area contributed by atoms with Crippen molar-refractivity contribution in [2.45, 2.75) is 32.9 Å². The number of carbonyl (C=O) groups excluding carboxylic acids is 1. The first-order valence-corrected chi connectivity index (χ1v) is 6.98. The van der Waals surface area contributed by atoms with Crippen LogP contribution in [-0.4, -0.2) is 18.6 Å². The van der Waals surface area contributed by atoms with Gasteiger partial charge in [0.2, 0.25) is 0 Å². The molecule has 0 spiro atoms. The van der Waals surface area contributed by atoms with Crippen molar-refractivity contribution in [2.75, 3.05) is 6.54 Å². The Morgan fingerprint density at radius 2 is 1.80 bits per heavy atom. The molecule has 0 aromatic heterocycles. The quantitative estimate of drug-likeness (QED) is 0.847. The lowest BCUT2D eigenvalue weighted by molar-refractivity contribution is -0.146. The van der Waals surface area contributed by atoms with E-state index in [1.165, 1.54) is 16.3 Å². The largest absolute Gasteiger partial charge is 0.462 e. The minimum Gasteiger partial charge on any atom is -0.462 e. The fourth-order valence-corrected chi connectivity index (χ4v) is 2.28. The van der Waals surface area contributed by atoms with Gasteiger partial charge in [0.15, 0.2) is 0 Å². The number of hydrogen-bond donors (Lipinski definition) is 1. The molecule has 3 nitrogen and oxygen atoms in total. The third-order valence-electron chi connectivity index (χ3n) is 3.21. The van der Waals surface area contributed by atoms with Crippen LogP contribution in [0, 0.1) is 0 Å². The van der Waals surface area contributed by atoms with Crippen molar-refractivity contribution in [1.29, 1.82) is 0 Å². The summed E-state index contributed by atoms with van der Waals surface area (Å²) in [6.45, 7) is 5.99. The van der Waals surface area contributed by atoms with Crippen LogP contribution < -0.4 is 5.32 Å². The number of nitrogens with one attached hydrogen (secondary N) is 1. The molecular formula is C17H21NO2. The molecule has 3 heteroatoms. The van der Waals surface area contributed by atoms with Crippen LogP contribution in [0.3, 0.4) is 0 Å². The van der Waals surface area contributed by atoms with E-state index in [-0.39, 0.29) is 24.7 Å². The number of benzene rings is 2. The van der Waals surface area contributed by atoms with E-state index in [2.05, 4.69) is 36.5 Å². The summed E-state index contributed by atoms with van der Waals surface area (Å²) in [6, 6.07) is 14.6. The van der Waals surface area contributed by atoms with Gasteiger partial charge in [0.25, 0.3) is 0 Å². The molecule has 0 aliphatic carbocycles. The minimum absolute atomic E-state index is 0.0721. The summed E-state index contributed by atoms with van der Waals surface area (Å²) in [5.74, 6) is -0.216. The molecule has 0 amide bonds. The lowest BCUT2D eigenvalue weighted by Crippen LogP contribution is -2.28. The molecule has 0 fully saturated rings. The van der Waals surface area contributed by atoms with Crippen molar-refractivity contribution in [3.8, 4) is 0 Å². The molecule has 0 saturated carbocycles. The van der Waals surface area contributed by atoms with Gasteiger partial charge in [0.05, 0.1) is 12.6 Å². The standard InChI is InChI=1S/C17H21NO2/c1-12(2)20-17(19)11-18-13(3)15-10-6-8-14-7-4-5-9-16(14)15/h4-10,12-13,18H,11H2,1-3H3/t13-/m1/s1. The molecule has 2 aromatic rings. The number of rotatable bonds is 5. The van der Waals surface area contributed by atoms with E-state index in [0.29, 0.717) is 0 Å². The normalized spacial score (nSPS) is 12.6. The van der Waals surface area contributed by atoms with Gasteiger partial charge in [-0.25, -0.2) is 0 Å².